The summed E-state index contributed by atoms with van der Waals surface area (Å²) in [6.07, 6.45) is -4.67. The van der Waals surface area contributed by atoms with Crippen molar-refractivity contribution >= 4 is 0 Å². The molecule has 1 aromatic rings. The van der Waals surface area contributed by atoms with Crippen LogP contribution in [0.25, 0.3) is 4.85 Å². The topological polar surface area (TPSA) is 13.6 Å². The van der Waals surface area contributed by atoms with Gasteiger partial charge in [0.25, 0.3) is 0 Å². The number of rotatable bonds is 2. The largest absolute Gasteiger partial charge is 0.573 e. The number of hydrogen-bond donors (Lipinski definition) is 0. The molecule has 80 valence electrons. The van der Waals surface area contributed by atoms with Gasteiger partial charge < -0.3 is 9.58 Å². The molecule has 15 heavy (non-hydrogen) atoms. The van der Waals surface area contributed by atoms with Crippen molar-refractivity contribution in [3.8, 4) is 5.75 Å². The fourth-order valence-corrected chi connectivity index (χ4v) is 1.13. The first-order valence-electron chi connectivity index (χ1n) is 4.11. The van der Waals surface area contributed by atoms with E-state index in [0.29, 0.717) is 11.1 Å². The molecule has 2 nitrogen and oxygen atoms in total. The fraction of sp³-hybridized carbons (Fsp3) is 0.300. The molecule has 0 aliphatic carbocycles. The Labute approximate surface area is 85.1 Å². The molecule has 0 saturated carbocycles. The molecule has 1 aromatic carbocycles. The number of nitrogens with zero attached hydrogens (tertiary/aromatic N) is 1. The van der Waals surface area contributed by atoms with Crippen molar-refractivity contribution in [2.45, 2.75) is 19.8 Å². The van der Waals surface area contributed by atoms with Crippen molar-refractivity contribution < 1.29 is 17.9 Å². The van der Waals surface area contributed by atoms with Crippen LogP contribution in [0.15, 0.2) is 18.2 Å². The Morgan fingerprint density at radius 2 is 2.07 bits per heavy atom. The van der Waals surface area contributed by atoms with Crippen LogP contribution in [0.2, 0.25) is 0 Å². The van der Waals surface area contributed by atoms with Crippen molar-refractivity contribution in [1.29, 1.82) is 0 Å². The fourth-order valence-electron chi connectivity index (χ4n) is 1.13. The van der Waals surface area contributed by atoms with E-state index in [2.05, 4.69) is 9.58 Å². The quantitative estimate of drug-likeness (QED) is 0.690. The first kappa shape index (κ1) is 11.4. The summed E-state index contributed by atoms with van der Waals surface area (Å²) in [5, 5.41) is 0. The van der Waals surface area contributed by atoms with Gasteiger partial charge in [0.1, 0.15) is 5.75 Å². The van der Waals surface area contributed by atoms with Crippen LogP contribution in [0.4, 0.5) is 13.2 Å². The minimum Gasteiger partial charge on any atom is -0.406 e. The highest BCUT2D eigenvalue weighted by Gasteiger charge is 2.31. The van der Waals surface area contributed by atoms with Crippen LogP contribution < -0.4 is 4.74 Å². The van der Waals surface area contributed by atoms with Crippen molar-refractivity contribution in [2.75, 3.05) is 0 Å². The summed E-state index contributed by atoms with van der Waals surface area (Å²) >= 11 is 0. The number of alkyl halides is 3. The van der Waals surface area contributed by atoms with Crippen molar-refractivity contribution in [2.24, 2.45) is 0 Å². The molecule has 0 heterocycles. The smallest absolute Gasteiger partial charge is 0.406 e. The molecule has 0 spiro atoms. The third-order valence-electron chi connectivity index (χ3n) is 1.80. The Morgan fingerprint density at radius 1 is 1.40 bits per heavy atom. The van der Waals surface area contributed by atoms with E-state index in [0.717, 1.165) is 0 Å². The third-order valence-corrected chi connectivity index (χ3v) is 1.80. The molecule has 0 N–H and O–H groups in total. The van der Waals surface area contributed by atoms with Gasteiger partial charge in [0.05, 0.1) is 0 Å². The molecule has 0 unspecified atom stereocenters. The lowest BCUT2D eigenvalue weighted by Crippen LogP contribution is -2.17. The number of ether oxygens (including phenoxy) is 1. The molecular formula is C10H8F3NO. The molecule has 5 heteroatoms. The minimum absolute atomic E-state index is 0.165. The normalized spacial score (nSPS) is 10.9. The summed E-state index contributed by atoms with van der Waals surface area (Å²) in [4.78, 5) is 3.16. The number of halogens is 3. The van der Waals surface area contributed by atoms with Gasteiger partial charge in [0, 0.05) is 5.56 Å². The van der Waals surface area contributed by atoms with Gasteiger partial charge in [0.15, 0.2) is 0 Å². The lowest BCUT2D eigenvalue weighted by molar-refractivity contribution is -0.274. The van der Waals surface area contributed by atoms with Gasteiger partial charge in [-0.2, -0.15) is 0 Å². The zero-order valence-electron chi connectivity index (χ0n) is 7.93. The molecule has 0 amide bonds. The van der Waals surface area contributed by atoms with Crippen LogP contribution in [0, 0.1) is 13.5 Å². The molecule has 0 radical (unpaired) electrons. The zero-order valence-corrected chi connectivity index (χ0v) is 7.93. The van der Waals surface area contributed by atoms with Crippen LogP contribution in [-0.4, -0.2) is 6.36 Å². The number of benzene rings is 1. The van der Waals surface area contributed by atoms with E-state index in [9.17, 15) is 13.2 Å². The average Bonchev–Trinajstić information content (AvgIpc) is 2.07. The Morgan fingerprint density at radius 3 is 2.53 bits per heavy atom. The molecule has 0 aromatic heterocycles. The van der Waals surface area contributed by atoms with Gasteiger partial charge in [-0.15, -0.1) is 13.2 Å². The van der Waals surface area contributed by atoms with E-state index in [1.165, 1.54) is 18.2 Å². The van der Waals surface area contributed by atoms with E-state index < -0.39 is 6.36 Å². The van der Waals surface area contributed by atoms with Gasteiger partial charge in [-0.1, -0.05) is 0 Å². The summed E-state index contributed by atoms with van der Waals surface area (Å²) in [6.45, 7) is 8.46. The number of hydrogen-bond acceptors (Lipinski definition) is 1. The van der Waals surface area contributed by atoms with Gasteiger partial charge in [0.2, 0.25) is 6.54 Å². The second kappa shape index (κ2) is 4.22. The van der Waals surface area contributed by atoms with E-state index in [-0.39, 0.29) is 12.3 Å². The maximum absolute atomic E-state index is 11.9. The van der Waals surface area contributed by atoms with Crippen LogP contribution in [0.1, 0.15) is 11.1 Å². The molecule has 0 saturated heterocycles. The Kier molecular flexibility index (Phi) is 3.20. The average molecular weight is 215 g/mol. The summed E-state index contributed by atoms with van der Waals surface area (Å²) < 4.78 is 39.3. The van der Waals surface area contributed by atoms with Crippen molar-refractivity contribution in [3.05, 3.63) is 40.7 Å². The Balaban J connectivity index is 2.88. The molecular weight excluding hydrogens is 207 g/mol. The predicted octanol–water partition coefficient (Wildman–Crippen LogP) is 3.31. The molecule has 0 aliphatic heterocycles. The second-order valence-corrected chi connectivity index (χ2v) is 2.95. The first-order chi connectivity index (χ1) is 6.92. The highest BCUT2D eigenvalue weighted by molar-refractivity contribution is 5.35. The van der Waals surface area contributed by atoms with Crippen molar-refractivity contribution in [3.63, 3.8) is 0 Å². The standard InChI is InChI=1S/C10H8F3NO/c1-7-5-9(15-10(11,12)13)4-3-8(7)6-14-2/h3-5H,6H2,1H3. The summed E-state index contributed by atoms with van der Waals surface area (Å²) in [5.74, 6) is -0.256. The van der Waals surface area contributed by atoms with Crippen LogP contribution in [0.5, 0.6) is 5.75 Å². The van der Waals surface area contributed by atoms with E-state index in [4.69, 9.17) is 6.57 Å². The van der Waals surface area contributed by atoms with Gasteiger partial charge in [-0.05, 0) is 30.7 Å². The monoisotopic (exact) mass is 215 g/mol. The lowest BCUT2D eigenvalue weighted by Gasteiger charge is -2.09. The maximum Gasteiger partial charge on any atom is 0.573 e. The lowest BCUT2D eigenvalue weighted by atomic mass is 10.1. The number of aryl methyl sites for hydroxylation is 1. The van der Waals surface area contributed by atoms with Crippen LogP contribution in [-0.2, 0) is 6.54 Å². The van der Waals surface area contributed by atoms with E-state index in [1.54, 1.807) is 6.92 Å². The van der Waals surface area contributed by atoms with Crippen LogP contribution in [0.3, 0.4) is 0 Å². The zero-order chi connectivity index (χ0) is 11.5. The van der Waals surface area contributed by atoms with Crippen LogP contribution >= 0.6 is 0 Å². The van der Waals surface area contributed by atoms with Gasteiger partial charge in [-0.3, -0.25) is 0 Å². The molecule has 0 fully saturated rings. The molecule has 0 atom stereocenters. The Bertz CT molecular complexity index is 393. The van der Waals surface area contributed by atoms with E-state index in [1.807, 2.05) is 0 Å². The summed E-state index contributed by atoms with van der Waals surface area (Å²) in [7, 11) is 0. The predicted molar refractivity (Wildman–Crippen MR) is 48.2 cm³/mol. The maximum atomic E-state index is 11.9. The Hall–Kier alpha value is -1.70. The van der Waals surface area contributed by atoms with Crippen molar-refractivity contribution in [1.82, 2.24) is 0 Å². The third kappa shape index (κ3) is 3.50. The SMILES string of the molecule is [C-]#[N+]Cc1ccc(OC(F)(F)F)cc1C. The molecule has 0 bridgehead atoms. The van der Waals surface area contributed by atoms with Gasteiger partial charge >= 0.3 is 6.36 Å². The molecule has 1 rings (SSSR count). The summed E-state index contributed by atoms with van der Waals surface area (Å²) in [5.41, 5.74) is 1.33. The van der Waals surface area contributed by atoms with Gasteiger partial charge in [-0.25, -0.2) is 6.57 Å². The highest BCUT2D eigenvalue weighted by Crippen LogP contribution is 2.24. The highest BCUT2D eigenvalue weighted by atomic mass is 19.4. The second-order valence-electron chi connectivity index (χ2n) is 2.95. The van der Waals surface area contributed by atoms with E-state index >= 15 is 0 Å². The summed E-state index contributed by atoms with van der Waals surface area (Å²) in [6, 6.07) is 3.95. The minimum atomic E-state index is -4.67. The molecule has 0 aliphatic rings. The first-order valence-corrected chi connectivity index (χ1v) is 4.11.